The number of hydrogen-bond acceptors (Lipinski definition) is 4. The van der Waals surface area contributed by atoms with Crippen molar-refractivity contribution in [2.75, 3.05) is 20.0 Å². The lowest BCUT2D eigenvalue weighted by Crippen LogP contribution is -2.06. The molecule has 0 aliphatic heterocycles. The van der Waals surface area contributed by atoms with Gasteiger partial charge in [0.1, 0.15) is 5.82 Å². The third-order valence-corrected chi connectivity index (χ3v) is 2.85. The van der Waals surface area contributed by atoms with Crippen molar-refractivity contribution in [1.29, 1.82) is 0 Å². The van der Waals surface area contributed by atoms with E-state index in [0.717, 1.165) is 11.1 Å². The summed E-state index contributed by atoms with van der Waals surface area (Å²) >= 11 is 0. The number of aryl methyl sites for hydroxylation is 1. The van der Waals surface area contributed by atoms with Crippen LogP contribution in [0.1, 0.15) is 11.1 Å². The molecule has 0 bridgehead atoms. The summed E-state index contributed by atoms with van der Waals surface area (Å²) in [5.41, 5.74) is 7.96. The van der Waals surface area contributed by atoms with Crippen LogP contribution in [0.2, 0.25) is 0 Å². The molecule has 0 radical (unpaired) electrons. The molecule has 0 fully saturated rings. The van der Waals surface area contributed by atoms with E-state index < -0.39 is 0 Å². The maximum absolute atomic E-state index is 5.92. The van der Waals surface area contributed by atoms with Crippen molar-refractivity contribution in [3.8, 4) is 11.5 Å². The minimum atomic E-state index is 0.611. The number of nitrogens with two attached hydrogens (primary N) is 1. The van der Waals surface area contributed by atoms with E-state index in [2.05, 4.69) is 5.10 Å². The molecule has 18 heavy (non-hydrogen) atoms. The Morgan fingerprint density at radius 2 is 1.94 bits per heavy atom. The monoisotopic (exact) mass is 247 g/mol. The van der Waals surface area contributed by atoms with Crippen LogP contribution in [0.5, 0.6) is 11.5 Å². The average molecular weight is 247 g/mol. The van der Waals surface area contributed by atoms with Crippen LogP contribution in [0.25, 0.3) is 0 Å². The molecule has 1 aromatic heterocycles. The predicted octanol–water partition coefficient (Wildman–Crippen LogP) is 1.84. The van der Waals surface area contributed by atoms with E-state index >= 15 is 0 Å². The molecule has 2 rings (SSSR count). The molecule has 1 aromatic carbocycles. The minimum absolute atomic E-state index is 0.611. The van der Waals surface area contributed by atoms with Gasteiger partial charge in [0, 0.05) is 5.56 Å². The van der Waals surface area contributed by atoms with Crippen LogP contribution < -0.4 is 15.2 Å². The van der Waals surface area contributed by atoms with Crippen LogP contribution in [0, 0.1) is 6.92 Å². The topological polar surface area (TPSA) is 62.3 Å². The molecule has 0 unspecified atom stereocenters. The van der Waals surface area contributed by atoms with Crippen LogP contribution >= 0.6 is 0 Å². The van der Waals surface area contributed by atoms with Gasteiger partial charge in [-0.25, -0.2) is 4.68 Å². The van der Waals surface area contributed by atoms with Gasteiger partial charge in [-0.1, -0.05) is 6.07 Å². The van der Waals surface area contributed by atoms with E-state index in [0.29, 0.717) is 23.9 Å². The Kier molecular flexibility index (Phi) is 3.41. The van der Waals surface area contributed by atoms with Crippen molar-refractivity contribution in [3.63, 3.8) is 0 Å². The van der Waals surface area contributed by atoms with E-state index in [1.165, 1.54) is 0 Å². The van der Waals surface area contributed by atoms with Crippen LogP contribution in [-0.2, 0) is 6.54 Å². The van der Waals surface area contributed by atoms with Crippen molar-refractivity contribution < 1.29 is 9.47 Å². The first-order valence-electron chi connectivity index (χ1n) is 5.64. The Hall–Kier alpha value is -2.17. The Morgan fingerprint density at radius 3 is 2.50 bits per heavy atom. The van der Waals surface area contributed by atoms with Gasteiger partial charge in [0.25, 0.3) is 0 Å². The number of nitrogens with zero attached hydrogens (tertiary/aromatic N) is 2. The molecule has 5 nitrogen and oxygen atoms in total. The van der Waals surface area contributed by atoms with Crippen molar-refractivity contribution in [3.05, 3.63) is 35.5 Å². The van der Waals surface area contributed by atoms with Crippen LogP contribution in [0.3, 0.4) is 0 Å². The number of aromatic nitrogens is 2. The zero-order chi connectivity index (χ0) is 13.1. The Balaban J connectivity index is 2.27. The van der Waals surface area contributed by atoms with Gasteiger partial charge < -0.3 is 15.2 Å². The van der Waals surface area contributed by atoms with E-state index in [1.807, 2.05) is 25.1 Å². The largest absolute Gasteiger partial charge is 0.493 e. The first-order chi connectivity index (χ1) is 8.65. The van der Waals surface area contributed by atoms with Gasteiger partial charge in [0.05, 0.1) is 27.0 Å². The standard InChI is InChI=1S/C13H17N3O2/c1-9-7-15-16(13(9)14)8-10-4-5-11(17-2)12(6-10)18-3/h4-7H,8,14H2,1-3H3. The van der Waals surface area contributed by atoms with E-state index in [9.17, 15) is 0 Å². The molecular weight excluding hydrogens is 230 g/mol. The summed E-state index contributed by atoms with van der Waals surface area (Å²) in [6, 6.07) is 5.77. The van der Waals surface area contributed by atoms with Crippen LogP contribution in [0.15, 0.2) is 24.4 Å². The highest BCUT2D eigenvalue weighted by Gasteiger charge is 2.07. The molecule has 0 amide bonds. The predicted molar refractivity (Wildman–Crippen MR) is 70.0 cm³/mol. The van der Waals surface area contributed by atoms with Gasteiger partial charge in [-0.05, 0) is 24.6 Å². The summed E-state index contributed by atoms with van der Waals surface area (Å²) < 4.78 is 12.2. The molecule has 0 saturated carbocycles. The van der Waals surface area contributed by atoms with Crippen LogP contribution in [0.4, 0.5) is 5.82 Å². The number of methoxy groups -OCH3 is 2. The summed E-state index contributed by atoms with van der Waals surface area (Å²) in [7, 11) is 3.24. The fraction of sp³-hybridized carbons (Fsp3) is 0.308. The molecule has 0 saturated heterocycles. The molecule has 0 atom stereocenters. The molecule has 1 heterocycles. The van der Waals surface area contributed by atoms with Gasteiger partial charge in [0.2, 0.25) is 0 Å². The first-order valence-corrected chi connectivity index (χ1v) is 5.64. The van der Waals surface area contributed by atoms with E-state index in [4.69, 9.17) is 15.2 Å². The van der Waals surface area contributed by atoms with Crippen molar-refractivity contribution >= 4 is 5.82 Å². The third-order valence-electron chi connectivity index (χ3n) is 2.85. The SMILES string of the molecule is COc1ccc(Cn2ncc(C)c2N)cc1OC. The highest BCUT2D eigenvalue weighted by atomic mass is 16.5. The van der Waals surface area contributed by atoms with E-state index in [1.54, 1.807) is 25.1 Å². The Bertz CT molecular complexity index is 549. The molecule has 2 N–H and O–H groups in total. The summed E-state index contributed by atoms with van der Waals surface area (Å²) in [4.78, 5) is 0. The normalized spacial score (nSPS) is 10.4. The second-order valence-corrected chi connectivity index (χ2v) is 4.06. The number of rotatable bonds is 4. The molecule has 0 spiro atoms. The van der Waals surface area contributed by atoms with Gasteiger partial charge >= 0.3 is 0 Å². The summed E-state index contributed by atoms with van der Waals surface area (Å²) in [5, 5.41) is 4.23. The molecule has 0 aliphatic rings. The van der Waals surface area contributed by atoms with Gasteiger partial charge in [-0.2, -0.15) is 5.10 Å². The number of anilines is 1. The second kappa shape index (κ2) is 5.00. The fourth-order valence-corrected chi connectivity index (χ4v) is 1.77. The molecule has 0 aliphatic carbocycles. The van der Waals surface area contributed by atoms with Gasteiger partial charge in [0.15, 0.2) is 11.5 Å². The number of nitrogen functional groups attached to an aromatic ring is 1. The molecule has 5 heteroatoms. The van der Waals surface area contributed by atoms with Gasteiger partial charge in [-0.3, -0.25) is 0 Å². The van der Waals surface area contributed by atoms with Gasteiger partial charge in [-0.15, -0.1) is 0 Å². The third kappa shape index (κ3) is 2.25. The average Bonchev–Trinajstić information content (AvgIpc) is 2.70. The van der Waals surface area contributed by atoms with Crippen LogP contribution in [-0.4, -0.2) is 24.0 Å². The lowest BCUT2D eigenvalue weighted by atomic mass is 10.2. The zero-order valence-electron chi connectivity index (χ0n) is 10.8. The lowest BCUT2D eigenvalue weighted by molar-refractivity contribution is 0.354. The van der Waals surface area contributed by atoms with Crippen molar-refractivity contribution in [2.24, 2.45) is 0 Å². The number of benzene rings is 1. The quantitative estimate of drug-likeness (QED) is 0.895. The summed E-state index contributed by atoms with van der Waals surface area (Å²) in [5.74, 6) is 2.10. The van der Waals surface area contributed by atoms with Crippen molar-refractivity contribution in [1.82, 2.24) is 9.78 Å². The number of ether oxygens (including phenoxy) is 2. The van der Waals surface area contributed by atoms with Crippen molar-refractivity contribution in [2.45, 2.75) is 13.5 Å². The smallest absolute Gasteiger partial charge is 0.161 e. The lowest BCUT2D eigenvalue weighted by Gasteiger charge is -2.10. The minimum Gasteiger partial charge on any atom is -0.493 e. The maximum Gasteiger partial charge on any atom is 0.161 e. The fourth-order valence-electron chi connectivity index (χ4n) is 1.77. The Labute approximate surface area is 106 Å². The molecule has 2 aromatic rings. The maximum atomic E-state index is 5.92. The van der Waals surface area contributed by atoms with E-state index in [-0.39, 0.29) is 0 Å². The Morgan fingerprint density at radius 1 is 1.22 bits per heavy atom. The molecule has 96 valence electrons. The highest BCUT2D eigenvalue weighted by molar-refractivity contribution is 5.44. The number of hydrogen-bond donors (Lipinski definition) is 1. The highest BCUT2D eigenvalue weighted by Crippen LogP contribution is 2.28. The zero-order valence-corrected chi connectivity index (χ0v) is 10.8. The summed E-state index contributed by atoms with van der Waals surface area (Å²) in [6.45, 7) is 2.55. The summed E-state index contributed by atoms with van der Waals surface area (Å²) in [6.07, 6.45) is 1.76. The first kappa shape index (κ1) is 12.3. The second-order valence-electron chi connectivity index (χ2n) is 4.06. The molecular formula is C13H17N3O2.